The highest BCUT2D eigenvalue weighted by atomic mass is 79.9. The van der Waals surface area contributed by atoms with E-state index in [0.29, 0.717) is 10.2 Å². The summed E-state index contributed by atoms with van der Waals surface area (Å²) < 4.78 is 0.696. The summed E-state index contributed by atoms with van der Waals surface area (Å²) in [6.07, 6.45) is 1.65. The highest BCUT2D eigenvalue weighted by Gasteiger charge is 2.33. The van der Waals surface area contributed by atoms with E-state index < -0.39 is 0 Å². The average Bonchev–Trinajstić information content (AvgIpc) is 2.31. The van der Waals surface area contributed by atoms with Crippen molar-refractivity contribution in [1.29, 1.82) is 0 Å². The Morgan fingerprint density at radius 2 is 2.17 bits per heavy atom. The number of carbonyl (C=O) groups is 1. The van der Waals surface area contributed by atoms with Gasteiger partial charge in [-0.15, -0.1) is 0 Å². The number of hydrogen-bond donors (Lipinski definition) is 0. The van der Waals surface area contributed by atoms with Gasteiger partial charge in [-0.1, -0.05) is 0 Å². The number of nitrogens with zero attached hydrogens (tertiary/aromatic N) is 3. The SMILES string of the molecule is CN1CCN(C(=O)c2ccnc(Br)c2)CC1(C)C. The van der Waals surface area contributed by atoms with Gasteiger partial charge >= 0.3 is 0 Å². The lowest BCUT2D eigenvalue weighted by molar-refractivity contribution is 0.0311. The molecule has 98 valence electrons. The van der Waals surface area contributed by atoms with Crippen LogP contribution in [0.5, 0.6) is 0 Å². The van der Waals surface area contributed by atoms with Crippen molar-refractivity contribution in [3.63, 3.8) is 0 Å². The molecule has 0 radical (unpaired) electrons. The molecule has 2 rings (SSSR count). The first-order valence-corrected chi connectivity index (χ1v) is 6.81. The molecule has 0 saturated carbocycles. The standard InChI is InChI=1S/C13H18BrN3O/c1-13(2)9-17(7-6-16(13)3)12(18)10-4-5-15-11(14)8-10/h4-5,8H,6-7,9H2,1-3H3. The average molecular weight is 312 g/mol. The minimum absolute atomic E-state index is 0.0260. The van der Waals surface area contributed by atoms with Crippen LogP contribution >= 0.6 is 15.9 Å². The molecule has 5 heteroatoms. The summed E-state index contributed by atoms with van der Waals surface area (Å²) in [4.78, 5) is 20.7. The minimum Gasteiger partial charge on any atom is -0.336 e. The summed E-state index contributed by atoms with van der Waals surface area (Å²) in [5, 5.41) is 0. The molecule has 0 N–H and O–H groups in total. The van der Waals surface area contributed by atoms with Crippen molar-refractivity contribution in [3.8, 4) is 0 Å². The normalized spacial score (nSPS) is 19.9. The number of piperazine rings is 1. The Labute approximate surface area is 116 Å². The van der Waals surface area contributed by atoms with Crippen molar-refractivity contribution >= 4 is 21.8 Å². The Kier molecular flexibility index (Phi) is 3.73. The van der Waals surface area contributed by atoms with Crippen molar-refractivity contribution in [3.05, 3.63) is 28.5 Å². The minimum atomic E-state index is 0.0260. The van der Waals surface area contributed by atoms with Crippen molar-refractivity contribution < 1.29 is 4.79 Å². The van der Waals surface area contributed by atoms with E-state index in [1.54, 1.807) is 18.3 Å². The molecule has 0 atom stereocenters. The van der Waals surface area contributed by atoms with Crippen LogP contribution in [0.15, 0.2) is 22.9 Å². The van der Waals surface area contributed by atoms with Gasteiger partial charge in [-0.25, -0.2) is 4.98 Å². The summed E-state index contributed by atoms with van der Waals surface area (Å²) >= 11 is 3.30. The van der Waals surface area contributed by atoms with Crippen LogP contribution in [-0.2, 0) is 0 Å². The summed E-state index contributed by atoms with van der Waals surface area (Å²) in [6.45, 7) is 6.76. The van der Waals surface area contributed by atoms with E-state index in [-0.39, 0.29) is 11.4 Å². The molecule has 0 bridgehead atoms. The molecule has 1 saturated heterocycles. The molecular weight excluding hydrogens is 294 g/mol. The van der Waals surface area contributed by atoms with E-state index in [2.05, 4.69) is 46.7 Å². The van der Waals surface area contributed by atoms with Gasteiger partial charge in [0.2, 0.25) is 0 Å². The quantitative estimate of drug-likeness (QED) is 0.744. The molecule has 1 fully saturated rings. The number of amides is 1. The van der Waals surface area contributed by atoms with Crippen molar-refractivity contribution in [2.24, 2.45) is 0 Å². The van der Waals surface area contributed by atoms with Crippen LogP contribution in [0.25, 0.3) is 0 Å². The maximum Gasteiger partial charge on any atom is 0.254 e. The fraction of sp³-hybridized carbons (Fsp3) is 0.538. The van der Waals surface area contributed by atoms with Crippen LogP contribution in [0.2, 0.25) is 0 Å². The van der Waals surface area contributed by atoms with Crippen LogP contribution in [0.1, 0.15) is 24.2 Å². The van der Waals surface area contributed by atoms with Gasteiger partial charge in [0, 0.05) is 36.9 Å². The Hall–Kier alpha value is -0.940. The summed E-state index contributed by atoms with van der Waals surface area (Å²) in [6, 6.07) is 3.53. The zero-order valence-electron chi connectivity index (χ0n) is 11.0. The fourth-order valence-electron chi connectivity index (χ4n) is 2.13. The molecule has 4 nitrogen and oxygen atoms in total. The Morgan fingerprint density at radius 3 is 2.78 bits per heavy atom. The lowest BCUT2D eigenvalue weighted by Crippen LogP contribution is -2.58. The topological polar surface area (TPSA) is 36.4 Å². The second-order valence-electron chi connectivity index (χ2n) is 5.33. The Bertz CT molecular complexity index is 461. The van der Waals surface area contributed by atoms with Gasteiger partial charge in [0.25, 0.3) is 5.91 Å². The number of pyridine rings is 1. The number of halogens is 1. The predicted octanol–water partition coefficient (Wildman–Crippen LogP) is 2.01. The number of hydrogen-bond acceptors (Lipinski definition) is 3. The van der Waals surface area contributed by atoms with Crippen molar-refractivity contribution in [1.82, 2.24) is 14.8 Å². The third-order valence-electron chi connectivity index (χ3n) is 3.58. The van der Waals surface area contributed by atoms with Crippen molar-refractivity contribution in [2.75, 3.05) is 26.7 Å². The maximum atomic E-state index is 12.4. The maximum absolute atomic E-state index is 12.4. The highest BCUT2D eigenvalue weighted by Crippen LogP contribution is 2.21. The first-order valence-electron chi connectivity index (χ1n) is 6.02. The molecule has 0 unspecified atom stereocenters. The molecule has 1 amide bonds. The predicted molar refractivity (Wildman–Crippen MR) is 74.5 cm³/mol. The second-order valence-corrected chi connectivity index (χ2v) is 6.14. The molecule has 0 aliphatic carbocycles. The Balaban J connectivity index is 2.15. The zero-order valence-corrected chi connectivity index (χ0v) is 12.6. The molecule has 1 aliphatic rings. The van der Waals surface area contributed by atoms with E-state index in [4.69, 9.17) is 0 Å². The van der Waals surface area contributed by atoms with Gasteiger partial charge in [0.1, 0.15) is 4.60 Å². The van der Waals surface area contributed by atoms with Crippen LogP contribution in [-0.4, -0.2) is 52.9 Å². The summed E-state index contributed by atoms with van der Waals surface area (Å²) in [5.74, 6) is 0.0827. The molecule has 2 heterocycles. The molecule has 0 aromatic carbocycles. The summed E-state index contributed by atoms with van der Waals surface area (Å²) in [5.41, 5.74) is 0.718. The van der Waals surface area contributed by atoms with Crippen LogP contribution < -0.4 is 0 Å². The molecule has 1 aliphatic heterocycles. The van der Waals surface area contributed by atoms with Crippen LogP contribution in [0.4, 0.5) is 0 Å². The van der Waals surface area contributed by atoms with Gasteiger partial charge in [-0.2, -0.15) is 0 Å². The van der Waals surface area contributed by atoms with Crippen LogP contribution in [0.3, 0.4) is 0 Å². The summed E-state index contributed by atoms with van der Waals surface area (Å²) in [7, 11) is 2.10. The van der Waals surface area contributed by atoms with E-state index in [0.717, 1.165) is 19.6 Å². The third-order valence-corrected chi connectivity index (χ3v) is 4.01. The molecule has 18 heavy (non-hydrogen) atoms. The first kappa shape index (κ1) is 13.5. The Morgan fingerprint density at radius 1 is 1.44 bits per heavy atom. The lowest BCUT2D eigenvalue weighted by Gasteiger charge is -2.45. The van der Waals surface area contributed by atoms with Gasteiger partial charge in [-0.3, -0.25) is 9.69 Å². The fourth-order valence-corrected chi connectivity index (χ4v) is 2.50. The zero-order chi connectivity index (χ0) is 13.3. The number of carbonyl (C=O) groups excluding carboxylic acids is 1. The monoisotopic (exact) mass is 311 g/mol. The first-order chi connectivity index (χ1) is 8.40. The smallest absolute Gasteiger partial charge is 0.254 e. The van der Waals surface area contributed by atoms with Crippen molar-refractivity contribution in [2.45, 2.75) is 19.4 Å². The van der Waals surface area contributed by atoms with E-state index in [9.17, 15) is 4.79 Å². The van der Waals surface area contributed by atoms with E-state index in [1.165, 1.54) is 0 Å². The van der Waals surface area contributed by atoms with Crippen LogP contribution in [0, 0.1) is 0 Å². The number of aromatic nitrogens is 1. The molecule has 0 spiro atoms. The van der Waals surface area contributed by atoms with Gasteiger partial charge in [0.15, 0.2) is 0 Å². The number of likely N-dealkylation sites (N-methyl/N-ethyl adjacent to an activating group) is 1. The highest BCUT2D eigenvalue weighted by molar-refractivity contribution is 9.10. The number of rotatable bonds is 1. The van der Waals surface area contributed by atoms with E-state index in [1.807, 2.05) is 4.90 Å². The molecule has 1 aromatic heterocycles. The molecular formula is C13H18BrN3O. The third kappa shape index (κ3) is 2.72. The largest absolute Gasteiger partial charge is 0.336 e. The van der Waals surface area contributed by atoms with E-state index >= 15 is 0 Å². The van der Waals surface area contributed by atoms with Gasteiger partial charge in [0.05, 0.1) is 0 Å². The van der Waals surface area contributed by atoms with Gasteiger partial charge in [-0.05, 0) is 49.0 Å². The van der Waals surface area contributed by atoms with Gasteiger partial charge < -0.3 is 4.90 Å². The lowest BCUT2D eigenvalue weighted by atomic mass is 9.99. The molecule has 1 aromatic rings. The second kappa shape index (κ2) is 4.97.